The van der Waals surface area contributed by atoms with Crippen molar-refractivity contribution < 1.29 is 5.11 Å². The second kappa shape index (κ2) is 7.84. The third-order valence-corrected chi connectivity index (χ3v) is 5.85. The molecule has 0 aliphatic heterocycles. The number of aromatic nitrogens is 2. The number of hydrogen-bond donors (Lipinski definition) is 2. The average molecular weight is 390 g/mol. The van der Waals surface area contributed by atoms with Crippen LogP contribution in [0.4, 0.5) is 0 Å². The molecule has 5 nitrogen and oxygen atoms in total. The van der Waals surface area contributed by atoms with Gasteiger partial charge in [0.05, 0.1) is 0 Å². The average Bonchev–Trinajstić information content (AvgIpc) is 3.12. The van der Waals surface area contributed by atoms with Gasteiger partial charge < -0.3 is 5.11 Å². The van der Waals surface area contributed by atoms with Crippen molar-refractivity contribution in [2.24, 2.45) is 5.92 Å². The van der Waals surface area contributed by atoms with Gasteiger partial charge in [-0.3, -0.25) is 14.3 Å². The monoisotopic (exact) mass is 390 g/mol. The maximum atomic E-state index is 12.8. The summed E-state index contributed by atoms with van der Waals surface area (Å²) < 4.78 is 1.42. The van der Waals surface area contributed by atoms with Crippen LogP contribution in [-0.2, 0) is 19.3 Å². The Morgan fingerprint density at radius 1 is 1.00 bits per heavy atom. The van der Waals surface area contributed by atoms with Gasteiger partial charge in [-0.1, -0.05) is 68.4 Å². The summed E-state index contributed by atoms with van der Waals surface area (Å²) >= 11 is 0. The van der Waals surface area contributed by atoms with Crippen molar-refractivity contribution in [3.8, 4) is 0 Å². The highest BCUT2D eigenvalue weighted by Crippen LogP contribution is 2.33. The maximum Gasteiger partial charge on any atom is 0.330 e. The minimum atomic E-state index is -0.997. The van der Waals surface area contributed by atoms with Gasteiger partial charge in [0.1, 0.15) is 6.23 Å². The highest BCUT2D eigenvalue weighted by atomic mass is 16.3. The first-order valence-corrected chi connectivity index (χ1v) is 10.1. The van der Waals surface area contributed by atoms with Crippen LogP contribution in [0.5, 0.6) is 0 Å². The summed E-state index contributed by atoms with van der Waals surface area (Å²) in [5.41, 5.74) is 3.66. The molecule has 5 heteroatoms. The lowest BCUT2D eigenvalue weighted by molar-refractivity contribution is 0.0380. The van der Waals surface area contributed by atoms with E-state index in [1.165, 1.54) is 15.7 Å². The number of nitrogens with one attached hydrogen (secondary N) is 1. The summed E-state index contributed by atoms with van der Waals surface area (Å²) in [6, 6.07) is 17.9. The Bertz CT molecular complexity index is 1100. The van der Waals surface area contributed by atoms with Gasteiger partial charge in [-0.25, -0.2) is 4.79 Å². The van der Waals surface area contributed by atoms with Gasteiger partial charge in [-0.15, -0.1) is 0 Å². The van der Waals surface area contributed by atoms with Crippen LogP contribution in [0.15, 0.2) is 64.2 Å². The summed E-state index contributed by atoms with van der Waals surface area (Å²) in [7, 11) is 0. The van der Waals surface area contributed by atoms with Crippen LogP contribution in [0.3, 0.4) is 0 Å². The van der Waals surface area contributed by atoms with E-state index in [2.05, 4.69) is 17.1 Å². The van der Waals surface area contributed by atoms with E-state index in [1.54, 1.807) is 0 Å². The molecule has 1 aliphatic carbocycles. The van der Waals surface area contributed by atoms with Crippen molar-refractivity contribution in [3.05, 3.63) is 103 Å². The van der Waals surface area contributed by atoms with Crippen molar-refractivity contribution in [3.63, 3.8) is 0 Å². The molecule has 0 spiro atoms. The number of aliphatic hydroxyl groups is 1. The zero-order valence-corrected chi connectivity index (χ0v) is 16.8. The molecule has 1 unspecified atom stereocenters. The fourth-order valence-electron chi connectivity index (χ4n) is 4.47. The fourth-order valence-corrected chi connectivity index (χ4v) is 4.47. The van der Waals surface area contributed by atoms with Crippen molar-refractivity contribution in [2.45, 2.75) is 45.3 Å². The molecule has 1 atom stereocenters. The Morgan fingerprint density at radius 2 is 1.59 bits per heavy atom. The van der Waals surface area contributed by atoms with Gasteiger partial charge in [0, 0.05) is 23.6 Å². The lowest BCUT2D eigenvalue weighted by Crippen LogP contribution is -2.40. The standard InChI is InChI=1S/C24H26N2O3/c1-15(2)21-20(12-16-8-4-3-5-9-16)26(24(29)25-22(21)27)23(28)19-13-17-10-6-7-11-18(17)14-19/h3-11,15,19,23,28H,12-14H2,1-2H3,(H,25,27,29). The van der Waals surface area contributed by atoms with Gasteiger partial charge in [0.2, 0.25) is 0 Å². The van der Waals surface area contributed by atoms with E-state index in [9.17, 15) is 14.7 Å². The summed E-state index contributed by atoms with van der Waals surface area (Å²) in [5.74, 6) is -0.178. The SMILES string of the molecule is CC(C)c1c(Cc2ccccc2)n(C(O)C2Cc3ccccc3C2)c(=O)[nH]c1=O. The zero-order chi connectivity index (χ0) is 20.5. The predicted octanol–water partition coefficient (Wildman–Crippen LogP) is 3.16. The van der Waals surface area contributed by atoms with E-state index in [1.807, 2.05) is 56.3 Å². The molecule has 1 aromatic heterocycles. The number of nitrogens with zero attached hydrogens (tertiary/aromatic N) is 1. The minimum Gasteiger partial charge on any atom is -0.373 e. The molecule has 4 rings (SSSR count). The predicted molar refractivity (Wildman–Crippen MR) is 113 cm³/mol. The lowest BCUT2D eigenvalue weighted by Gasteiger charge is -2.25. The molecular formula is C24H26N2O3. The van der Waals surface area contributed by atoms with Crippen LogP contribution in [-0.4, -0.2) is 14.7 Å². The minimum absolute atomic E-state index is 0.0720. The van der Waals surface area contributed by atoms with E-state index in [4.69, 9.17) is 0 Å². The highest BCUT2D eigenvalue weighted by molar-refractivity contribution is 5.33. The van der Waals surface area contributed by atoms with Crippen LogP contribution < -0.4 is 11.2 Å². The number of rotatable bonds is 5. The second-order valence-electron chi connectivity index (χ2n) is 8.16. The van der Waals surface area contributed by atoms with Crippen molar-refractivity contribution >= 4 is 0 Å². The molecule has 0 amide bonds. The Labute approximate surface area is 169 Å². The Morgan fingerprint density at radius 3 is 2.17 bits per heavy atom. The molecule has 0 radical (unpaired) electrons. The van der Waals surface area contributed by atoms with Crippen LogP contribution >= 0.6 is 0 Å². The number of benzene rings is 2. The van der Waals surface area contributed by atoms with Gasteiger partial charge in [0.25, 0.3) is 5.56 Å². The molecule has 0 fully saturated rings. The van der Waals surface area contributed by atoms with Crippen LogP contribution in [0, 0.1) is 5.92 Å². The van der Waals surface area contributed by atoms with Crippen molar-refractivity contribution in [1.29, 1.82) is 0 Å². The molecular weight excluding hydrogens is 364 g/mol. The summed E-state index contributed by atoms with van der Waals surface area (Å²) in [5, 5.41) is 11.3. The first-order chi connectivity index (χ1) is 14.0. The summed E-state index contributed by atoms with van der Waals surface area (Å²) in [4.78, 5) is 27.9. The molecule has 1 heterocycles. The second-order valence-corrected chi connectivity index (χ2v) is 8.16. The Balaban J connectivity index is 1.81. The molecule has 3 aromatic rings. The molecule has 0 saturated carbocycles. The normalized spacial score (nSPS) is 14.9. The smallest absolute Gasteiger partial charge is 0.330 e. The molecule has 0 bridgehead atoms. The Hall–Kier alpha value is -2.92. The quantitative estimate of drug-likeness (QED) is 0.703. The molecule has 150 valence electrons. The number of H-pyrrole nitrogens is 1. The fraction of sp³-hybridized carbons (Fsp3) is 0.333. The molecule has 2 N–H and O–H groups in total. The molecule has 29 heavy (non-hydrogen) atoms. The first kappa shape index (κ1) is 19.4. The van der Waals surface area contributed by atoms with Gasteiger partial charge >= 0.3 is 5.69 Å². The van der Waals surface area contributed by atoms with Gasteiger partial charge in [-0.05, 0) is 35.4 Å². The third-order valence-electron chi connectivity index (χ3n) is 5.85. The van der Waals surface area contributed by atoms with Crippen LogP contribution in [0.2, 0.25) is 0 Å². The number of fused-ring (bicyclic) bond motifs is 1. The lowest BCUT2D eigenvalue weighted by atomic mass is 9.96. The first-order valence-electron chi connectivity index (χ1n) is 10.1. The largest absolute Gasteiger partial charge is 0.373 e. The summed E-state index contributed by atoms with van der Waals surface area (Å²) in [6.45, 7) is 3.87. The molecule has 2 aromatic carbocycles. The zero-order valence-electron chi connectivity index (χ0n) is 16.8. The van der Waals surface area contributed by atoms with E-state index < -0.39 is 11.9 Å². The van der Waals surface area contributed by atoms with E-state index in [0.717, 1.165) is 5.56 Å². The molecule has 0 saturated heterocycles. The number of aliphatic hydroxyl groups excluding tert-OH is 1. The van der Waals surface area contributed by atoms with E-state index >= 15 is 0 Å². The highest BCUT2D eigenvalue weighted by Gasteiger charge is 2.31. The van der Waals surface area contributed by atoms with Crippen LogP contribution in [0.1, 0.15) is 53.9 Å². The van der Waals surface area contributed by atoms with Crippen molar-refractivity contribution in [2.75, 3.05) is 0 Å². The van der Waals surface area contributed by atoms with Crippen LogP contribution in [0.25, 0.3) is 0 Å². The maximum absolute atomic E-state index is 12.8. The van der Waals surface area contributed by atoms with Gasteiger partial charge in [0.15, 0.2) is 0 Å². The van der Waals surface area contributed by atoms with E-state index in [-0.39, 0.29) is 17.4 Å². The number of hydrogen-bond acceptors (Lipinski definition) is 3. The third kappa shape index (κ3) is 3.70. The van der Waals surface area contributed by atoms with E-state index in [0.29, 0.717) is 30.5 Å². The number of aromatic amines is 1. The molecule has 1 aliphatic rings. The van der Waals surface area contributed by atoms with Crippen molar-refractivity contribution in [1.82, 2.24) is 9.55 Å². The Kier molecular flexibility index (Phi) is 5.24. The van der Waals surface area contributed by atoms with Gasteiger partial charge in [-0.2, -0.15) is 0 Å². The topological polar surface area (TPSA) is 75.1 Å². The summed E-state index contributed by atoms with van der Waals surface area (Å²) in [6.07, 6.45) is 0.850.